The third kappa shape index (κ3) is 7.65. The Kier molecular flexibility index (Phi) is 9.94. The number of methoxy groups -OCH3 is 1. The molecule has 8 nitrogen and oxygen atoms in total. The van der Waals surface area contributed by atoms with Crippen molar-refractivity contribution in [2.24, 2.45) is 5.92 Å². The second-order valence-corrected chi connectivity index (χ2v) is 11.1. The molecule has 1 aliphatic heterocycles. The molecular formula is C24H29Cl2N3O5S. The minimum Gasteiger partial charge on any atom is -0.385 e. The summed E-state index contributed by atoms with van der Waals surface area (Å²) in [5.41, 5.74) is 1.26. The van der Waals surface area contributed by atoms with Gasteiger partial charge in [0, 0.05) is 33.4 Å². The molecule has 0 spiro atoms. The van der Waals surface area contributed by atoms with Gasteiger partial charge in [0.05, 0.1) is 33.0 Å². The van der Waals surface area contributed by atoms with Crippen LogP contribution in [0.25, 0.3) is 0 Å². The van der Waals surface area contributed by atoms with Crippen molar-refractivity contribution in [2.45, 2.75) is 25.0 Å². The number of para-hydroxylation sites is 1. The quantitative estimate of drug-likeness (QED) is 0.443. The van der Waals surface area contributed by atoms with E-state index in [1.54, 1.807) is 43.5 Å². The van der Waals surface area contributed by atoms with E-state index in [1.165, 1.54) is 10.4 Å². The number of halogens is 2. The molecule has 1 aliphatic rings. The first-order chi connectivity index (χ1) is 16.7. The van der Waals surface area contributed by atoms with Crippen LogP contribution in [-0.4, -0.2) is 57.9 Å². The normalized spacial score (nSPS) is 16.6. The second kappa shape index (κ2) is 12.7. The minimum atomic E-state index is -3.66. The minimum absolute atomic E-state index is 0.0703. The van der Waals surface area contributed by atoms with Gasteiger partial charge in [-0.05, 0) is 49.1 Å². The average molecular weight is 542 g/mol. The van der Waals surface area contributed by atoms with Crippen LogP contribution in [0.1, 0.15) is 35.2 Å². The number of sulfonamides is 1. The molecule has 1 unspecified atom stereocenters. The van der Waals surface area contributed by atoms with E-state index in [4.69, 9.17) is 27.9 Å². The van der Waals surface area contributed by atoms with E-state index in [-0.39, 0.29) is 29.1 Å². The van der Waals surface area contributed by atoms with Gasteiger partial charge >= 0.3 is 0 Å². The number of rotatable bonds is 10. The molecule has 3 rings (SSSR count). The lowest BCUT2D eigenvalue weighted by atomic mass is 9.98. The van der Waals surface area contributed by atoms with E-state index < -0.39 is 15.9 Å². The standard InChI is InChI=1S/C24H29Cl2N3O5S/c1-34-13-5-11-27-24(31)19-7-2-3-8-22(19)28-23(30)18-6-4-12-29(15-18)35(32,33)16-17-9-10-20(25)21(26)14-17/h2-3,7-10,14,18H,4-6,11-13,15-16H2,1H3,(H,27,31)(H,28,30). The zero-order valence-electron chi connectivity index (χ0n) is 19.4. The Morgan fingerprint density at radius 3 is 2.66 bits per heavy atom. The summed E-state index contributed by atoms with van der Waals surface area (Å²) in [6, 6.07) is 11.5. The SMILES string of the molecule is COCCCNC(=O)c1ccccc1NC(=O)C1CCCN(S(=O)(=O)Cc2ccc(Cl)c(Cl)c2)C1. The number of nitrogens with zero attached hydrogens (tertiary/aromatic N) is 1. The van der Waals surface area contributed by atoms with Gasteiger partial charge in [-0.25, -0.2) is 12.7 Å². The van der Waals surface area contributed by atoms with Crippen molar-refractivity contribution >= 4 is 50.7 Å². The fourth-order valence-corrected chi connectivity index (χ4v) is 5.80. The van der Waals surface area contributed by atoms with Crippen LogP contribution in [0.15, 0.2) is 42.5 Å². The van der Waals surface area contributed by atoms with E-state index in [2.05, 4.69) is 10.6 Å². The Hall–Kier alpha value is -2.17. The molecule has 1 saturated heterocycles. The van der Waals surface area contributed by atoms with Crippen LogP contribution >= 0.6 is 23.2 Å². The number of anilines is 1. The first-order valence-electron chi connectivity index (χ1n) is 11.3. The van der Waals surface area contributed by atoms with Crippen molar-refractivity contribution in [2.75, 3.05) is 38.7 Å². The summed E-state index contributed by atoms with van der Waals surface area (Å²) < 4.78 is 32.4. The summed E-state index contributed by atoms with van der Waals surface area (Å²) >= 11 is 11.9. The highest BCUT2D eigenvalue weighted by Gasteiger charge is 2.33. The highest BCUT2D eigenvalue weighted by Crippen LogP contribution is 2.27. The van der Waals surface area contributed by atoms with Gasteiger partial charge in [-0.2, -0.15) is 0 Å². The summed E-state index contributed by atoms with van der Waals surface area (Å²) in [5.74, 6) is -1.39. The molecule has 2 amide bonds. The topological polar surface area (TPSA) is 105 Å². The first-order valence-corrected chi connectivity index (χ1v) is 13.7. The van der Waals surface area contributed by atoms with Crippen molar-refractivity contribution in [1.29, 1.82) is 0 Å². The maximum absolute atomic E-state index is 13.0. The lowest BCUT2D eigenvalue weighted by Crippen LogP contribution is -2.44. The van der Waals surface area contributed by atoms with Crippen molar-refractivity contribution < 1.29 is 22.7 Å². The Morgan fingerprint density at radius 2 is 1.91 bits per heavy atom. The number of amides is 2. The zero-order valence-corrected chi connectivity index (χ0v) is 21.8. The molecule has 0 bridgehead atoms. The number of ether oxygens (including phenoxy) is 1. The third-order valence-electron chi connectivity index (χ3n) is 5.72. The summed E-state index contributed by atoms with van der Waals surface area (Å²) in [4.78, 5) is 25.6. The fourth-order valence-electron chi connectivity index (χ4n) is 3.88. The number of nitrogens with one attached hydrogen (secondary N) is 2. The lowest BCUT2D eigenvalue weighted by Gasteiger charge is -2.31. The number of carbonyl (C=O) groups is 2. The molecule has 2 aromatic carbocycles. The van der Waals surface area contributed by atoms with E-state index >= 15 is 0 Å². The number of carbonyl (C=O) groups excluding carboxylic acids is 2. The smallest absolute Gasteiger partial charge is 0.253 e. The van der Waals surface area contributed by atoms with Gasteiger partial charge in [0.25, 0.3) is 5.91 Å². The van der Waals surface area contributed by atoms with E-state index in [0.717, 1.165) is 0 Å². The molecule has 11 heteroatoms. The molecule has 1 atom stereocenters. The van der Waals surface area contributed by atoms with Crippen molar-refractivity contribution in [3.05, 3.63) is 63.6 Å². The number of piperidine rings is 1. The van der Waals surface area contributed by atoms with Crippen LogP contribution in [-0.2, 0) is 25.3 Å². The van der Waals surface area contributed by atoms with Crippen LogP contribution in [0, 0.1) is 5.92 Å². The average Bonchev–Trinajstić information content (AvgIpc) is 2.84. The maximum atomic E-state index is 13.0. The predicted molar refractivity (Wildman–Crippen MR) is 137 cm³/mol. The highest BCUT2D eigenvalue weighted by molar-refractivity contribution is 7.88. The summed E-state index contributed by atoms with van der Waals surface area (Å²) in [7, 11) is -2.07. The van der Waals surface area contributed by atoms with E-state index in [9.17, 15) is 18.0 Å². The number of hydrogen-bond acceptors (Lipinski definition) is 5. The Labute approximate surface area is 216 Å². The van der Waals surface area contributed by atoms with Crippen LogP contribution in [0.4, 0.5) is 5.69 Å². The molecule has 0 aliphatic carbocycles. The van der Waals surface area contributed by atoms with Gasteiger partial charge in [-0.1, -0.05) is 41.4 Å². The fraction of sp³-hybridized carbons (Fsp3) is 0.417. The largest absolute Gasteiger partial charge is 0.385 e. The summed E-state index contributed by atoms with van der Waals surface area (Å²) in [5, 5.41) is 6.27. The molecular weight excluding hydrogens is 513 g/mol. The predicted octanol–water partition coefficient (Wildman–Crippen LogP) is 3.94. The van der Waals surface area contributed by atoms with Crippen molar-refractivity contribution in [3.8, 4) is 0 Å². The molecule has 2 N–H and O–H groups in total. The molecule has 1 fully saturated rings. The van der Waals surface area contributed by atoms with Gasteiger partial charge in [-0.3, -0.25) is 9.59 Å². The van der Waals surface area contributed by atoms with Crippen LogP contribution in [0.3, 0.4) is 0 Å². The van der Waals surface area contributed by atoms with Crippen LogP contribution in [0.5, 0.6) is 0 Å². The van der Waals surface area contributed by atoms with Crippen molar-refractivity contribution in [3.63, 3.8) is 0 Å². The van der Waals surface area contributed by atoms with Crippen molar-refractivity contribution in [1.82, 2.24) is 9.62 Å². The first kappa shape index (κ1) is 27.4. The van der Waals surface area contributed by atoms with E-state index in [0.29, 0.717) is 60.8 Å². The molecule has 0 saturated carbocycles. The Morgan fingerprint density at radius 1 is 1.14 bits per heavy atom. The monoisotopic (exact) mass is 541 g/mol. The van der Waals surface area contributed by atoms with Crippen LogP contribution in [0.2, 0.25) is 10.0 Å². The van der Waals surface area contributed by atoms with Gasteiger partial charge in [-0.15, -0.1) is 0 Å². The number of benzene rings is 2. The Bertz CT molecular complexity index is 1160. The molecule has 190 valence electrons. The lowest BCUT2D eigenvalue weighted by molar-refractivity contribution is -0.120. The van der Waals surface area contributed by atoms with Gasteiger partial charge in [0.1, 0.15) is 0 Å². The summed E-state index contributed by atoms with van der Waals surface area (Å²) in [6.45, 7) is 1.39. The second-order valence-electron chi connectivity index (χ2n) is 8.34. The van der Waals surface area contributed by atoms with Gasteiger partial charge in [0.2, 0.25) is 15.9 Å². The van der Waals surface area contributed by atoms with E-state index in [1.807, 2.05) is 0 Å². The van der Waals surface area contributed by atoms with Gasteiger partial charge < -0.3 is 15.4 Å². The zero-order chi connectivity index (χ0) is 25.4. The summed E-state index contributed by atoms with van der Waals surface area (Å²) in [6.07, 6.45) is 1.78. The molecule has 1 heterocycles. The molecule has 2 aromatic rings. The molecule has 0 radical (unpaired) electrons. The molecule has 35 heavy (non-hydrogen) atoms. The van der Waals surface area contributed by atoms with Gasteiger partial charge in [0.15, 0.2) is 0 Å². The Balaban J connectivity index is 1.64. The van der Waals surface area contributed by atoms with Crippen LogP contribution < -0.4 is 10.6 Å². The third-order valence-corrected chi connectivity index (χ3v) is 8.28. The number of hydrogen-bond donors (Lipinski definition) is 2. The molecule has 0 aromatic heterocycles. The highest BCUT2D eigenvalue weighted by atomic mass is 35.5. The maximum Gasteiger partial charge on any atom is 0.253 e.